The van der Waals surface area contributed by atoms with Crippen LogP contribution in [-0.4, -0.2) is 45.7 Å². The van der Waals surface area contributed by atoms with Gasteiger partial charge in [0.25, 0.3) is 5.91 Å². The number of hydrogen-bond donors (Lipinski definition) is 1. The van der Waals surface area contributed by atoms with Crippen LogP contribution < -0.4 is 5.32 Å². The molecule has 0 unspecified atom stereocenters. The lowest BCUT2D eigenvalue weighted by Crippen LogP contribution is -2.42. The third-order valence-corrected chi connectivity index (χ3v) is 3.59. The predicted octanol–water partition coefficient (Wildman–Crippen LogP) is 0.755. The molecule has 1 saturated heterocycles. The molecule has 8 nitrogen and oxygen atoms in total. The van der Waals surface area contributed by atoms with E-state index >= 15 is 0 Å². The average Bonchev–Trinajstić information content (AvgIpc) is 3.20. The molecule has 8 heteroatoms. The molecule has 2 aromatic rings. The van der Waals surface area contributed by atoms with Crippen molar-refractivity contribution in [3.63, 3.8) is 0 Å². The van der Waals surface area contributed by atoms with Crippen LogP contribution in [0.15, 0.2) is 47.2 Å². The molecular formula is C16H16N4O4. The van der Waals surface area contributed by atoms with E-state index in [2.05, 4.69) is 10.3 Å². The van der Waals surface area contributed by atoms with Crippen LogP contribution in [0.25, 0.3) is 0 Å². The highest BCUT2D eigenvalue weighted by Crippen LogP contribution is 2.11. The lowest BCUT2D eigenvalue weighted by molar-refractivity contribution is -0.137. The minimum atomic E-state index is -0.552. The number of hydrogen-bond acceptors (Lipinski definition) is 5. The molecule has 3 heterocycles. The van der Waals surface area contributed by atoms with E-state index in [0.717, 1.165) is 4.90 Å². The Hall–Kier alpha value is -3.16. The SMILES string of the molecule is O=C(CN1C(=O)CNC1=O)N(Cc1ccccn1)Cc1ccco1. The van der Waals surface area contributed by atoms with E-state index in [1.54, 1.807) is 30.5 Å². The van der Waals surface area contributed by atoms with Gasteiger partial charge in [0, 0.05) is 6.20 Å². The Kier molecular flexibility index (Phi) is 4.55. The third kappa shape index (κ3) is 3.60. The number of aromatic nitrogens is 1. The molecule has 0 saturated carbocycles. The number of rotatable bonds is 6. The van der Waals surface area contributed by atoms with Crippen molar-refractivity contribution in [2.45, 2.75) is 13.1 Å². The Labute approximate surface area is 138 Å². The fourth-order valence-electron chi connectivity index (χ4n) is 2.36. The smallest absolute Gasteiger partial charge is 0.325 e. The lowest BCUT2D eigenvalue weighted by atomic mass is 10.3. The summed E-state index contributed by atoms with van der Waals surface area (Å²) in [6.45, 7) is 0.0961. The summed E-state index contributed by atoms with van der Waals surface area (Å²) in [5, 5.41) is 2.39. The van der Waals surface area contributed by atoms with Gasteiger partial charge in [-0.05, 0) is 24.3 Å². The zero-order valence-electron chi connectivity index (χ0n) is 12.8. The molecule has 0 atom stereocenters. The number of carbonyl (C=O) groups excluding carboxylic acids is 3. The maximum Gasteiger partial charge on any atom is 0.325 e. The number of imide groups is 1. The summed E-state index contributed by atoms with van der Waals surface area (Å²) in [6.07, 6.45) is 3.17. The van der Waals surface area contributed by atoms with Gasteiger partial charge in [-0.3, -0.25) is 19.5 Å². The molecule has 0 aliphatic carbocycles. The number of nitrogens with zero attached hydrogens (tertiary/aromatic N) is 3. The first-order chi connectivity index (χ1) is 11.6. The molecule has 24 heavy (non-hydrogen) atoms. The zero-order chi connectivity index (χ0) is 16.9. The maximum atomic E-state index is 12.6. The molecule has 1 aliphatic rings. The Morgan fingerprint density at radius 2 is 2.12 bits per heavy atom. The number of pyridine rings is 1. The van der Waals surface area contributed by atoms with Crippen molar-refractivity contribution < 1.29 is 18.8 Å². The third-order valence-electron chi connectivity index (χ3n) is 3.59. The summed E-state index contributed by atoms with van der Waals surface area (Å²) >= 11 is 0. The molecular weight excluding hydrogens is 312 g/mol. The van der Waals surface area contributed by atoms with Crippen molar-refractivity contribution in [1.29, 1.82) is 0 Å². The Morgan fingerprint density at radius 3 is 2.75 bits per heavy atom. The first-order valence-corrected chi connectivity index (χ1v) is 7.42. The van der Waals surface area contributed by atoms with E-state index in [0.29, 0.717) is 11.5 Å². The van der Waals surface area contributed by atoms with Gasteiger partial charge in [-0.25, -0.2) is 4.79 Å². The minimum absolute atomic E-state index is 0.0788. The van der Waals surface area contributed by atoms with Crippen LogP contribution in [0, 0.1) is 0 Å². The van der Waals surface area contributed by atoms with E-state index in [-0.39, 0.29) is 32.1 Å². The highest BCUT2D eigenvalue weighted by atomic mass is 16.3. The molecule has 1 aliphatic heterocycles. The second kappa shape index (κ2) is 6.95. The highest BCUT2D eigenvalue weighted by molar-refractivity contribution is 6.04. The molecule has 1 fully saturated rings. The van der Waals surface area contributed by atoms with Crippen LogP contribution in [0.2, 0.25) is 0 Å². The van der Waals surface area contributed by atoms with Gasteiger partial charge < -0.3 is 14.6 Å². The summed E-state index contributed by atoms with van der Waals surface area (Å²) in [5.74, 6) is -0.164. The van der Waals surface area contributed by atoms with Gasteiger partial charge in [-0.15, -0.1) is 0 Å². The van der Waals surface area contributed by atoms with Crippen molar-refractivity contribution in [3.8, 4) is 0 Å². The number of amides is 4. The first kappa shape index (κ1) is 15.7. The Balaban J connectivity index is 1.74. The van der Waals surface area contributed by atoms with Crippen molar-refractivity contribution in [1.82, 2.24) is 20.1 Å². The molecule has 0 bridgehead atoms. The number of carbonyl (C=O) groups is 3. The molecule has 0 spiro atoms. The van der Waals surface area contributed by atoms with Gasteiger partial charge in [0.2, 0.25) is 5.91 Å². The van der Waals surface area contributed by atoms with E-state index in [4.69, 9.17) is 4.42 Å². The average molecular weight is 328 g/mol. The number of furan rings is 1. The van der Waals surface area contributed by atoms with Crippen LogP contribution in [-0.2, 0) is 22.7 Å². The zero-order valence-corrected chi connectivity index (χ0v) is 12.8. The predicted molar refractivity (Wildman–Crippen MR) is 82.3 cm³/mol. The monoisotopic (exact) mass is 328 g/mol. The molecule has 124 valence electrons. The van der Waals surface area contributed by atoms with Crippen LogP contribution in [0.5, 0.6) is 0 Å². The van der Waals surface area contributed by atoms with Gasteiger partial charge in [0.15, 0.2) is 0 Å². The summed E-state index contributed by atoms with van der Waals surface area (Å²) in [4.78, 5) is 42.5. The van der Waals surface area contributed by atoms with E-state index in [1.165, 1.54) is 11.2 Å². The summed E-state index contributed by atoms with van der Waals surface area (Å²) in [7, 11) is 0. The number of nitrogens with one attached hydrogen (secondary N) is 1. The Morgan fingerprint density at radius 1 is 1.25 bits per heavy atom. The van der Waals surface area contributed by atoms with E-state index in [1.807, 2.05) is 6.07 Å². The quantitative estimate of drug-likeness (QED) is 0.790. The number of urea groups is 1. The lowest BCUT2D eigenvalue weighted by Gasteiger charge is -2.23. The van der Waals surface area contributed by atoms with Crippen LogP contribution in [0.3, 0.4) is 0 Å². The standard InChI is InChI=1S/C16H16N4O4/c21-14-8-18-16(23)20(14)11-15(22)19(10-13-5-3-7-24-13)9-12-4-1-2-6-17-12/h1-7H,8-11H2,(H,18,23). The summed E-state index contributed by atoms with van der Waals surface area (Å²) < 4.78 is 5.29. The molecule has 4 amide bonds. The van der Waals surface area contributed by atoms with E-state index < -0.39 is 11.9 Å². The van der Waals surface area contributed by atoms with Gasteiger partial charge in [-0.1, -0.05) is 6.07 Å². The maximum absolute atomic E-state index is 12.6. The van der Waals surface area contributed by atoms with Gasteiger partial charge >= 0.3 is 6.03 Å². The normalized spacial score (nSPS) is 13.9. The van der Waals surface area contributed by atoms with Crippen LogP contribution >= 0.6 is 0 Å². The first-order valence-electron chi connectivity index (χ1n) is 7.42. The van der Waals surface area contributed by atoms with Crippen molar-refractivity contribution in [2.75, 3.05) is 13.1 Å². The second-order valence-electron chi connectivity index (χ2n) is 5.29. The topological polar surface area (TPSA) is 95.8 Å². The van der Waals surface area contributed by atoms with Gasteiger partial charge in [0.05, 0.1) is 31.6 Å². The van der Waals surface area contributed by atoms with E-state index in [9.17, 15) is 14.4 Å². The minimum Gasteiger partial charge on any atom is -0.467 e. The fourth-order valence-corrected chi connectivity index (χ4v) is 2.36. The second-order valence-corrected chi connectivity index (χ2v) is 5.29. The largest absolute Gasteiger partial charge is 0.467 e. The van der Waals surface area contributed by atoms with Gasteiger partial charge in [0.1, 0.15) is 12.3 Å². The highest BCUT2D eigenvalue weighted by Gasteiger charge is 2.31. The van der Waals surface area contributed by atoms with Gasteiger partial charge in [-0.2, -0.15) is 0 Å². The molecule has 1 N–H and O–H groups in total. The summed E-state index contributed by atoms with van der Waals surface area (Å²) in [6, 6.07) is 8.35. The Bertz CT molecular complexity index is 714. The van der Waals surface area contributed by atoms with Crippen molar-refractivity contribution in [3.05, 3.63) is 54.2 Å². The molecule has 2 aromatic heterocycles. The van der Waals surface area contributed by atoms with Crippen LogP contribution in [0.4, 0.5) is 4.79 Å². The summed E-state index contributed by atoms with van der Waals surface area (Å²) in [5.41, 5.74) is 0.703. The van der Waals surface area contributed by atoms with Crippen molar-refractivity contribution in [2.24, 2.45) is 0 Å². The van der Waals surface area contributed by atoms with Crippen LogP contribution in [0.1, 0.15) is 11.5 Å². The molecule has 3 rings (SSSR count). The fraction of sp³-hybridized carbons (Fsp3) is 0.250. The molecule has 0 radical (unpaired) electrons. The molecule has 0 aromatic carbocycles. The van der Waals surface area contributed by atoms with Crippen molar-refractivity contribution >= 4 is 17.8 Å².